The number of carbonyl (C=O) groups excluding carboxylic acids is 1. The molecular formula is C17H24O2. The monoisotopic (exact) mass is 260 g/mol. The van der Waals surface area contributed by atoms with E-state index in [1.807, 2.05) is 6.92 Å². The zero-order valence-corrected chi connectivity index (χ0v) is 12.9. The molecule has 0 bridgehead atoms. The molecule has 2 heteroatoms. The number of methoxy groups -OCH3 is 1. The molecule has 0 spiro atoms. The van der Waals surface area contributed by atoms with Crippen molar-refractivity contribution in [3.05, 3.63) is 28.3 Å². The van der Waals surface area contributed by atoms with Crippen LogP contribution in [0.1, 0.15) is 67.6 Å². The number of ether oxygens (including phenoxy) is 1. The number of rotatable bonds is 2. The molecule has 0 saturated carbocycles. The summed E-state index contributed by atoms with van der Waals surface area (Å²) in [6, 6.07) is 2.18. The van der Waals surface area contributed by atoms with Crippen molar-refractivity contribution in [1.29, 1.82) is 0 Å². The van der Waals surface area contributed by atoms with E-state index in [0.717, 1.165) is 30.4 Å². The van der Waals surface area contributed by atoms with E-state index in [0.29, 0.717) is 5.56 Å². The van der Waals surface area contributed by atoms with Crippen LogP contribution in [0.4, 0.5) is 0 Å². The van der Waals surface area contributed by atoms with E-state index >= 15 is 0 Å². The Balaban J connectivity index is 2.87. The van der Waals surface area contributed by atoms with Crippen molar-refractivity contribution in [2.45, 2.75) is 58.3 Å². The summed E-state index contributed by atoms with van der Waals surface area (Å²) in [4.78, 5) is 11.4. The zero-order chi connectivity index (χ0) is 14.4. The summed E-state index contributed by atoms with van der Waals surface area (Å²) in [7, 11) is 1.67. The molecular weight excluding hydrogens is 236 g/mol. The standard InChI is InChI=1S/C17H24O2/c1-11-9-13-14(15(19-6)12(11)10-18)17(4,5)8-7-16(13,2)3/h9-10H,7-8H2,1-6H3. The van der Waals surface area contributed by atoms with Crippen LogP contribution in [0, 0.1) is 6.92 Å². The van der Waals surface area contributed by atoms with Crippen molar-refractivity contribution in [3.8, 4) is 5.75 Å². The van der Waals surface area contributed by atoms with Crippen molar-refractivity contribution in [2.24, 2.45) is 0 Å². The first kappa shape index (κ1) is 14.1. The fourth-order valence-corrected chi connectivity index (χ4v) is 3.25. The second-order valence-corrected chi connectivity index (χ2v) is 6.95. The molecule has 0 amide bonds. The molecule has 1 aliphatic rings. The van der Waals surface area contributed by atoms with Gasteiger partial charge in [-0.2, -0.15) is 0 Å². The minimum Gasteiger partial charge on any atom is -0.496 e. The van der Waals surface area contributed by atoms with Crippen molar-refractivity contribution < 1.29 is 9.53 Å². The van der Waals surface area contributed by atoms with Gasteiger partial charge in [-0.3, -0.25) is 4.79 Å². The average molecular weight is 260 g/mol. The number of carbonyl (C=O) groups is 1. The lowest BCUT2D eigenvalue weighted by atomic mass is 9.62. The highest BCUT2D eigenvalue weighted by Crippen LogP contribution is 2.50. The van der Waals surface area contributed by atoms with E-state index in [4.69, 9.17) is 4.74 Å². The maximum Gasteiger partial charge on any atom is 0.154 e. The van der Waals surface area contributed by atoms with E-state index in [1.165, 1.54) is 11.1 Å². The molecule has 0 atom stereocenters. The summed E-state index contributed by atoms with van der Waals surface area (Å²) in [6.07, 6.45) is 3.20. The van der Waals surface area contributed by atoms with E-state index in [1.54, 1.807) is 7.11 Å². The Morgan fingerprint density at radius 3 is 2.26 bits per heavy atom. The molecule has 0 aromatic heterocycles. The highest BCUT2D eigenvalue weighted by Gasteiger charge is 2.40. The number of benzene rings is 1. The Morgan fingerprint density at radius 2 is 1.74 bits per heavy atom. The molecule has 0 N–H and O–H groups in total. The molecule has 104 valence electrons. The minimum atomic E-state index is 0.0572. The van der Waals surface area contributed by atoms with Crippen LogP contribution in [0.15, 0.2) is 6.07 Å². The van der Waals surface area contributed by atoms with Gasteiger partial charge >= 0.3 is 0 Å². The lowest BCUT2D eigenvalue weighted by Gasteiger charge is -2.43. The van der Waals surface area contributed by atoms with Gasteiger partial charge in [0.1, 0.15) is 5.75 Å². The molecule has 1 aliphatic carbocycles. The third kappa shape index (κ3) is 2.07. The maximum atomic E-state index is 11.4. The highest BCUT2D eigenvalue weighted by atomic mass is 16.5. The third-order valence-corrected chi connectivity index (χ3v) is 4.63. The molecule has 0 aliphatic heterocycles. The lowest BCUT2D eigenvalue weighted by molar-refractivity contribution is 0.111. The van der Waals surface area contributed by atoms with Crippen LogP contribution >= 0.6 is 0 Å². The van der Waals surface area contributed by atoms with E-state index in [9.17, 15) is 4.79 Å². The summed E-state index contributed by atoms with van der Waals surface area (Å²) in [5, 5.41) is 0. The number of hydrogen-bond donors (Lipinski definition) is 0. The van der Waals surface area contributed by atoms with Crippen molar-refractivity contribution in [1.82, 2.24) is 0 Å². The Labute approximate surface area is 116 Å². The van der Waals surface area contributed by atoms with Crippen molar-refractivity contribution in [2.75, 3.05) is 7.11 Å². The molecule has 2 nitrogen and oxygen atoms in total. The Morgan fingerprint density at radius 1 is 1.16 bits per heavy atom. The normalized spacial score (nSPS) is 19.7. The Bertz CT molecular complexity index is 525. The van der Waals surface area contributed by atoms with Gasteiger partial charge in [-0.1, -0.05) is 33.8 Å². The number of aldehydes is 1. The smallest absolute Gasteiger partial charge is 0.154 e. The summed E-state index contributed by atoms with van der Waals surface area (Å²) in [5.41, 5.74) is 4.47. The van der Waals surface area contributed by atoms with Gasteiger partial charge < -0.3 is 4.74 Å². The second-order valence-electron chi connectivity index (χ2n) is 6.95. The van der Waals surface area contributed by atoms with E-state index in [-0.39, 0.29) is 10.8 Å². The quantitative estimate of drug-likeness (QED) is 0.746. The first-order valence-corrected chi connectivity index (χ1v) is 6.92. The predicted octanol–water partition coefficient (Wildman–Crippen LogP) is 4.17. The molecule has 0 unspecified atom stereocenters. The van der Waals surface area contributed by atoms with Gasteiger partial charge in [0.2, 0.25) is 0 Å². The molecule has 0 heterocycles. The first-order chi connectivity index (χ1) is 8.74. The van der Waals surface area contributed by atoms with E-state index in [2.05, 4.69) is 33.8 Å². The summed E-state index contributed by atoms with van der Waals surface area (Å²) in [6.45, 7) is 11.0. The Kier molecular flexibility index (Phi) is 3.24. The van der Waals surface area contributed by atoms with Crippen LogP contribution in [-0.4, -0.2) is 13.4 Å². The van der Waals surface area contributed by atoms with Crippen LogP contribution in [0.2, 0.25) is 0 Å². The van der Waals surface area contributed by atoms with Gasteiger partial charge in [0.05, 0.1) is 12.7 Å². The lowest BCUT2D eigenvalue weighted by Crippen LogP contribution is -2.34. The van der Waals surface area contributed by atoms with Gasteiger partial charge in [-0.25, -0.2) is 0 Å². The fourth-order valence-electron chi connectivity index (χ4n) is 3.25. The largest absolute Gasteiger partial charge is 0.496 e. The summed E-state index contributed by atoms with van der Waals surface area (Å²) < 4.78 is 5.61. The molecule has 0 saturated heterocycles. The van der Waals surface area contributed by atoms with Crippen LogP contribution in [0.3, 0.4) is 0 Å². The molecule has 19 heavy (non-hydrogen) atoms. The third-order valence-electron chi connectivity index (χ3n) is 4.63. The molecule has 0 fully saturated rings. The summed E-state index contributed by atoms with van der Waals surface area (Å²) in [5.74, 6) is 0.780. The van der Waals surface area contributed by atoms with Crippen molar-refractivity contribution in [3.63, 3.8) is 0 Å². The van der Waals surface area contributed by atoms with E-state index < -0.39 is 0 Å². The maximum absolute atomic E-state index is 11.4. The minimum absolute atomic E-state index is 0.0572. The van der Waals surface area contributed by atoms with Crippen LogP contribution in [-0.2, 0) is 10.8 Å². The second kappa shape index (κ2) is 4.36. The van der Waals surface area contributed by atoms with Crippen LogP contribution in [0.25, 0.3) is 0 Å². The van der Waals surface area contributed by atoms with Gasteiger partial charge in [-0.05, 0) is 41.7 Å². The molecule has 1 aromatic rings. The number of aryl methyl sites for hydroxylation is 1. The van der Waals surface area contributed by atoms with Gasteiger partial charge in [0, 0.05) is 5.56 Å². The fraction of sp³-hybridized carbons (Fsp3) is 0.588. The topological polar surface area (TPSA) is 26.3 Å². The van der Waals surface area contributed by atoms with Crippen LogP contribution in [0.5, 0.6) is 5.75 Å². The zero-order valence-electron chi connectivity index (χ0n) is 12.9. The number of hydrogen-bond acceptors (Lipinski definition) is 2. The van der Waals surface area contributed by atoms with Crippen LogP contribution < -0.4 is 4.74 Å². The first-order valence-electron chi connectivity index (χ1n) is 6.92. The average Bonchev–Trinajstić information content (AvgIpc) is 2.33. The van der Waals surface area contributed by atoms with Gasteiger partial charge in [0.15, 0.2) is 6.29 Å². The molecule has 2 rings (SSSR count). The Hall–Kier alpha value is -1.31. The molecule has 1 aromatic carbocycles. The SMILES string of the molecule is COc1c(C=O)c(C)cc2c1C(C)(C)CCC2(C)C. The predicted molar refractivity (Wildman–Crippen MR) is 78.4 cm³/mol. The molecule has 0 radical (unpaired) electrons. The van der Waals surface area contributed by atoms with Gasteiger partial charge in [0.25, 0.3) is 0 Å². The van der Waals surface area contributed by atoms with Gasteiger partial charge in [-0.15, -0.1) is 0 Å². The number of fused-ring (bicyclic) bond motifs is 1. The summed E-state index contributed by atoms with van der Waals surface area (Å²) >= 11 is 0. The highest BCUT2D eigenvalue weighted by molar-refractivity contribution is 5.84. The van der Waals surface area contributed by atoms with Crippen molar-refractivity contribution >= 4 is 6.29 Å².